The van der Waals surface area contributed by atoms with E-state index in [0.29, 0.717) is 17.9 Å². The van der Waals surface area contributed by atoms with Gasteiger partial charge in [0.1, 0.15) is 5.78 Å². The third-order valence-electron chi connectivity index (χ3n) is 4.86. The van der Waals surface area contributed by atoms with Gasteiger partial charge in [-0.2, -0.15) is 0 Å². The minimum absolute atomic E-state index is 0.170. The molecular weight excluding hydrogens is 302 g/mol. The maximum atomic E-state index is 12.4. The van der Waals surface area contributed by atoms with E-state index in [1.54, 1.807) is 0 Å². The van der Waals surface area contributed by atoms with Crippen LogP contribution < -0.4 is 5.32 Å². The summed E-state index contributed by atoms with van der Waals surface area (Å²) in [6, 6.07) is 8.98. The summed E-state index contributed by atoms with van der Waals surface area (Å²) < 4.78 is 1.14. The SMILES string of the molecule is C[C@]12C[C@@H](c3ccccc3Br)N[C@H]1CCCCC2=O. The number of halogens is 1. The molecule has 0 spiro atoms. The molecule has 1 heterocycles. The minimum Gasteiger partial charge on any atom is -0.306 e. The van der Waals surface area contributed by atoms with Crippen LogP contribution in [-0.2, 0) is 4.79 Å². The quantitative estimate of drug-likeness (QED) is 0.847. The average Bonchev–Trinajstić information content (AvgIpc) is 2.67. The Bertz CT molecular complexity index is 501. The first-order valence-electron chi connectivity index (χ1n) is 7.15. The Labute approximate surface area is 123 Å². The van der Waals surface area contributed by atoms with Crippen molar-refractivity contribution >= 4 is 21.7 Å². The van der Waals surface area contributed by atoms with Gasteiger partial charge in [-0.3, -0.25) is 4.79 Å². The summed E-state index contributed by atoms with van der Waals surface area (Å²) in [5.41, 5.74) is 1.11. The van der Waals surface area contributed by atoms with Crippen molar-refractivity contribution in [2.75, 3.05) is 0 Å². The summed E-state index contributed by atoms with van der Waals surface area (Å²) in [4.78, 5) is 12.4. The summed E-state index contributed by atoms with van der Waals surface area (Å²) in [6.45, 7) is 2.16. The van der Waals surface area contributed by atoms with Gasteiger partial charge in [-0.15, -0.1) is 0 Å². The van der Waals surface area contributed by atoms with Crippen LogP contribution in [0.1, 0.15) is 50.6 Å². The van der Waals surface area contributed by atoms with Gasteiger partial charge in [-0.25, -0.2) is 0 Å². The molecule has 3 rings (SSSR count). The van der Waals surface area contributed by atoms with Crippen molar-refractivity contribution in [2.24, 2.45) is 5.41 Å². The Morgan fingerprint density at radius 1 is 1.32 bits per heavy atom. The standard InChI is InChI=1S/C16H20BrNO/c1-16-10-13(11-6-2-3-7-12(11)17)18-14(16)8-4-5-9-15(16)19/h2-3,6-7,13-14,18H,4-5,8-10H2,1H3/t13-,14-,16-/m0/s1. The molecule has 1 saturated heterocycles. The molecule has 2 aliphatic rings. The van der Waals surface area contributed by atoms with Crippen LogP contribution >= 0.6 is 15.9 Å². The molecule has 2 fully saturated rings. The number of ketones is 1. The number of carbonyl (C=O) groups excluding carboxylic acids is 1. The molecule has 1 N–H and O–H groups in total. The van der Waals surface area contributed by atoms with Crippen LogP contribution in [0.15, 0.2) is 28.7 Å². The van der Waals surface area contributed by atoms with Gasteiger partial charge in [-0.05, 0) is 30.9 Å². The lowest BCUT2D eigenvalue weighted by molar-refractivity contribution is -0.127. The van der Waals surface area contributed by atoms with Crippen LogP contribution in [0.2, 0.25) is 0 Å². The zero-order chi connectivity index (χ0) is 13.5. The highest BCUT2D eigenvalue weighted by atomic mass is 79.9. The molecule has 1 aromatic rings. The van der Waals surface area contributed by atoms with Gasteiger partial charge >= 0.3 is 0 Å². The topological polar surface area (TPSA) is 29.1 Å². The summed E-state index contributed by atoms with van der Waals surface area (Å²) in [7, 11) is 0. The number of Topliss-reactive ketones (excluding diaryl/α,β-unsaturated/α-hetero) is 1. The Hall–Kier alpha value is -0.670. The van der Waals surface area contributed by atoms with Crippen molar-refractivity contribution in [3.05, 3.63) is 34.3 Å². The van der Waals surface area contributed by atoms with Crippen LogP contribution in [0.25, 0.3) is 0 Å². The van der Waals surface area contributed by atoms with E-state index < -0.39 is 0 Å². The van der Waals surface area contributed by atoms with Crippen molar-refractivity contribution in [2.45, 2.75) is 51.1 Å². The van der Waals surface area contributed by atoms with Gasteiger partial charge in [0.2, 0.25) is 0 Å². The smallest absolute Gasteiger partial charge is 0.140 e. The summed E-state index contributed by atoms with van der Waals surface area (Å²) in [5.74, 6) is 0.456. The van der Waals surface area contributed by atoms with E-state index in [2.05, 4.69) is 46.4 Å². The summed E-state index contributed by atoms with van der Waals surface area (Å²) in [6.07, 6.45) is 5.05. The largest absolute Gasteiger partial charge is 0.306 e. The lowest BCUT2D eigenvalue weighted by Crippen LogP contribution is -2.39. The maximum absolute atomic E-state index is 12.4. The number of fused-ring (bicyclic) bond motifs is 1. The highest BCUT2D eigenvalue weighted by molar-refractivity contribution is 9.10. The molecule has 0 radical (unpaired) electrons. The fraction of sp³-hybridized carbons (Fsp3) is 0.562. The molecular formula is C16H20BrNO. The summed E-state index contributed by atoms with van der Waals surface area (Å²) in [5, 5.41) is 3.71. The molecule has 102 valence electrons. The van der Waals surface area contributed by atoms with E-state index in [9.17, 15) is 4.79 Å². The molecule has 1 aromatic carbocycles. The first-order chi connectivity index (χ1) is 9.11. The second-order valence-corrected chi connectivity index (χ2v) is 6.94. The van der Waals surface area contributed by atoms with Gasteiger partial charge in [0.25, 0.3) is 0 Å². The molecule has 0 aromatic heterocycles. The van der Waals surface area contributed by atoms with Crippen LogP contribution in [-0.4, -0.2) is 11.8 Å². The molecule has 3 atom stereocenters. The van der Waals surface area contributed by atoms with Crippen LogP contribution in [0.3, 0.4) is 0 Å². The van der Waals surface area contributed by atoms with Crippen molar-refractivity contribution < 1.29 is 4.79 Å². The zero-order valence-corrected chi connectivity index (χ0v) is 12.9. The third-order valence-corrected chi connectivity index (χ3v) is 5.59. The Kier molecular flexibility index (Phi) is 3.52. The zero-order valence-electron chi connectivity index (χ0n) is 11.3. The second-order valence-electron chi connectivity index (χ2n) is 6.08. The molecule has 3 heteroatoms. The van der Waals surface area contributed by atoms with E-state index in [0.717, 1.165) is 30.2 Å². The molecule has 1 aliphatic heterocycles. The fourth-order valence-electron chi connectivity index (χ4n) is 3.64. The van der Waals surface area contributed by atoms with E-state index in [-0.39, 0.29) is 5.41 Å². The van der Waals surface area contributed by atoms with Crippen molar-refractivity contribution in [3.63, 3.8) is 0 Å². The molecule has 2 nitrogen and oxygen atoms in total. The Morgan fingerprint density at radius 2 is 2.11 bits per heavy atom. The lowest BCUT2D eigenvalue weighted by atomic mass is 9.76. The van der Waals surface area contributed by atoms with Crippen molar-refractivity contribution in [3.8, 4) is 0 Å². The highest BCUT2D eigenvalue weighted by Gasteiger charge is 2.49. The van der Waals surface area contributed by atoms with E-state index in [1.807, 2.05) is 6.07 Å². The van der Waals surface area contributed by atoms with Crippen LogP contribution in [0.5, 0.6) is 0 Å². The van der Waals surface area contributed by atoms with E-state index >= 15 is 0 Å². The predicted octanol–water partition coefficient (Wildman–Crippen LogP) is 4.00. The third kappa shape index (κ3) is 2.27. The minimum atomic E-state index is -0.170. The van der Waals surface area contributed by atoms with Gasteiger partial charge in [0.15, 0.2) is 0 Å². The number of rotatable bonds is 1. The van der Waals surface area contributed by atoms with Gasteiger partial charge in [-0.1, -0.05) is 47.5 Å². The van der Waals surface area contributed by atoms with Gasteiger partial charge in [0, 0.05) is 28.4 Å². The first kappa shape index (κ1) is 13.3. The van der Waals surface area contributed by atoms with Crippen LogP contribution in [0, 0.1) is 5.41 Å². The average molecular weight is 322 g/mol. The highest BCUT2D eigenvalue weighted by Crippen LogP contribution is 2.46. The van der Waals surface area contributed by atoms with E-state index in [4.69, 9.17) is 0 Å². The molecule has 0 amide bonds. The van der Waals surface area contributed by atoms with E-state index in [1.165, 1.54) is 12.0 Å². The molecule has 0 bridgehead atoms. The monoisotopic (exact) mass is 321 g/mol. The number of hydrogen-bond acceptors (Lipinski definition) is 2. The lowest BCUT2D eigenvalue weighted by Gasteiger charge is -2.26. The predicted molar refractivity (Wildman–Crippen MR) is 80.0 cm³/mol. The van der Waals surface area contributed by atoms with Gasteiger partial charge in [0.05, 0.1) is 0 Å². The Balaban J connectivity index is 1.90. The molecule has 1 aliphatic carbocycles. The van der Waals surface area contributed by atoms with Crippen molar-refractivity contribution in [1.29, 1.82) is 0 Å². The second kappa shape index (κ2) is 5.02. The van der Waals surface area contributed by atoms with Gasteiger partial charge < -0.3 is 5.32 Å². The number of nitrogens with one attached hydrogen (secondary N) is 1. The number of carbonyl (C=O) groups is 1. The molecule has 19 heavy (non-hydrogen) atoms. The maximum Gasteiger partial charge on any atom is 0.140 e. The van der Waals surface area contributed by atoms with Crippen LogP contribution in [0.4, 0.5) is 0 Å². The summed E-state index contributed by atoms with van der Waals surface area (Å²) >= 11 is 3.63. The van der Waals surface area contributed by atoms with Crippen molar-refractivity contribution in [1.82, 2.24) is 5.32 Å². The first-order valence-corrected chi connectivity index (χ1v) is 7.94. The molecule has 0 unspecified atom stereocenters. The Morgan fingerprint density at radius 3 is 2.89 bits per heavy atom. The fourth-order valence-corrected chi connectivity index (χ4v) is 4.20. The number of hydrogen-bond donors (Lipinski definition) is 1. The molecule has 1 saturated carbocycles. The normalized spacial score (nSPS) is 34.9. The number of benzene rings is 1.